The molecule has 10 atom stereocenters. The zero-order valence-corrected chi connectivity index (χ0v) is 53.0. The lowest BCUT2D eigenvalue weighted by molar-refractivity contribution is -0.148. The first kappa shape index (κ1) is 74.6. The van der Waals surface area contributed by atoms with Crippen LogP contribution in [0, 0.1) is 29.6 Å². The number of hydrogen-bond acceptors (Lipinski definition) is 17. The molecule has 10 N–H and O–H groups in total. The van der Waals surface area contributed by atoms with Gasteiger partial charge in [-0.15, -0.1) is 0 Å². The third-order valence-corrected chi connectivity index (χ3v) is 16.3. The lowest BCUT2D eigenvalue weighted by Crippen LogP contribution is -2.59. The second-order valence-corrected chi connectivity index (χ2v) is 24.3. The Balaban J connectivity index is 2.20. The van der Waals surface area contributed by atoms with Crippen LogP contribution in [-0.2, 0) is 67.3 Å². The Hall–Kier alpha value is -5.55. The third kappa shape index (κ3) is 24.1. The Labute approximate surface area is 498 Å². The molecule has 0 saturated carbocycles. The van der Waals surface area contributed by atoms with Crippen LogP contribution in [0.4, 0.5) is 10.5 Å². The van der Waals surface area contributed by atoms with Gasteiger partial charge in [0.25, 0.3) is 10.0 Å². The van der Waals surface area contributed by atoms with Gasteiger partial charge in [0, 0.05) is 53.0 Å². The second-order valence-electron chi connectivity index (χ2n) is 22.6. The van der Waals surface area contributed by atoms with E-state index < -0.39 is 100.0 Å². The number of amides is 9. The predicted molar refractivity (Wildman–Crippen MR) is 317 cm³/mol. The van der Waals surface area contributed by atoms with E-state index in [9.17, 15) is 46.8 Å². The Morgan fingerprint density at radius 1 is 0.738 bits per heavy atom. The van der Waals surface area contributed by atoms with Crippen LogP contribution in [0.2, 0.25) is 0 Å². The summed E-state index contributed by atoms with van der Waals surface area (Å²) < 4.78 is 57.6. The average Bonchev–Trinajstić information content (AvgIpc) is 3.62. The quantitative estimate of drug-likeness (QED) is 0.0432. The number of primary amides is 1. The molecule has 0 spiro atoms. The maximum atomic E-state index is 14.4. The highest BCUT2D eigenvalue weighted by Gasteiger charge is 2.44. The fourth-order valence-corrected chi connectivity index (χ4v) is 11.3. The number of carbonyl (C=O) groups is 8. The Bertz CT molecular complexity index is 2340. The van der Waals surface area contributed by atoms with Crippen LogP contribution >= 0.6 is 0 Å². The number of likely N-dealkylation sites (tertiary alicyclic amines) is 1. The molecule has 0 aliphatic carbocycles. The van der Waals surface area contributed by atoms with Gasteiger partial charge >= 0.3 is 6.03 Å². The number of nitrogens with two attached hydrogens (primary N) is 2. The number of sulfonamides is 1. The summed E-state index contributed by atoms with van der Waals surface area (Å²) in [5.74, 6) is -5.45. The predicted octanol–water partition coefficient (Wildman–Crippen LogP) is 1.55. The van der Waals surface area contributed by atoms with Crippen LogP contribution in [0.5, 0.6) is 0 Å². The second kappa shape index (κ2) is 37.8. The number of ether oxygens (including phenoxy) is 5. The summed E-state index contributed by atoms with van der Waals surface area (Å²) in [6.07, 6.45) is 0.0502. The van der Waals surface area contributed by atoms with Crippen molar-refractivity contribution in [2.45, 2.75) is 161 Å². The van der Waals surface area contributed by atoms with Gasteiger partial charge in [-0.1, -0.05) is 68.7 Å². The monoisotopic (exact) mass is 1210 g/mol. The van der Waals surface area contributed by atoms with Crippen molar-refractivity contribution in [2.75, 3.05) is 100.0 Å². The molecule has 0 aromatic heterocycles. The van der Waals surface area contributed by atoms with Crippen molar-refractivity contribution in [1.29, 1.82) is 0 Å². The zero-order valence-electron chi connectivity index (χ0n) is 52.2. The molecule has 1 aromatic carbocycles. The van der Waals surface area contributed by atoms with Crippen molar-refractivity contribution in [2.24, 2.45) is 41.1 Å². The minimum Gasteiger partial charge on any atom is -0.379 e. The third-order valence-electron chi connectivity index (χ3n) is 15.0. The van der Waals surface area contributed by atoms with Crippen LogP contribution in [0.25, 0.3) is 0 Å². The van der Waals surface area contributed by atoms with E-state index >= 15 is 0 Å². The van der Waals surface area contributed by atoms with Gasteiger partial charge in [-0.2, -0.15) is 0 Å². The summed E-state index contributed by atoms with van der Waals surface area (Å²) in [6.45, 7) is 19.2. The van der Waals surface area contributed by atoms with Gasteiger partial charge in [0.2, 0.25) is 41.4 Å². The molecule has 1 aliphatic rings. The molecule has 480 valence electrons. The number of nitrogens with zero attached hydrogens (tertiary/aromatic N) is 3. The van der Waals surface area contributed by atoms with Gasteiger partial charge < -0.3 is 71.5 Å². The average molecular weight is 1210 g/mol. The van der Waals surface area contributed by atoms with E-state index in [0.29, 0.717) is 58.8 Å². The Morgan fingerprint density at radius 2 is 1.33 bits per heavy atom. The molecule has 1 aromatic rings. The van der Waals surface area contributed by atoms with Crippen molar-refractivity contribution >= 4 is 63.1 Å². The SMILES string of the molecule is CC[C@H](C)[C@@H]([C@@H](CC(=O)N1CCC[C@H]1C(OC)[C@@H](C)C(=O)NS(=O)(=O)c1ccc(NC(=O)[C@H](CCCNC(N)=O)NC(=O)[C@@H](NC(=O)CCOCCOCCOCCN)C(C)C)cc1)OC)N(C)C(=O)[C@@H](NC(=O)C(C(C)C)N(C)C)C(C)C. The highest BCUT2D eigenvalue weighted by molar-refractivity contribution is 7.90. The number of anilines is 1. The fourth-order valence-electron chi connectivity index (χ4n) is 10.3. The van der Waals surface area contributed by atoms with Crippen molar-refractivity contribution in [3.05, 3.63) is 24.3 Å². The van der Waals surface area contributed by atoms with Gasteiger partial charge in [0.1, 0.15) is 18.1 Å². The van der Waals surface area contributed by atoms with Crippen LogP contribution < -0.4 is 42.8 Å². The Kier molecular flexibility index (Phi) is 33.5. The molecule has 84 heavy (non-hydrogen) atoms. The molecule has 2 unspecified atom stereocenters. The lowest BCUT2D eigenvalue weighted by atomic mass is 9.89. The molecular formula is C57H101N11O15S. The summed E-state index contributed by atoms with van der Waals surface area (Å²) in [5.41, 5.74) is 10.7. The van der Waals surface area contributed by atoms with Gasteiger partial charge in [-0.3, -0.25) is 38.5 Å². The first-order valence-corrected chi connectivity index (χ1v) is 30.7. The number of benzene rings is 1. The molecule has 1 saturated heterocycles. The largest absolute Gasteiger partial charge is 0.379 e. The summed E-state index contributed by atoms with van der Waals surface area (Å²) in [4.78, 5) is 113. The first-order valence-electron chi connectivity index (χ1n) is 29.2. The normalized spacial score (nSPS) is 16.9. The van der Waals surface area contributed by atoms with Gasteiger partial charge in [-0.05, 0) is 87.7 Å². The number of likely N-dealkylation sites (N-methyl/N-ethyl adjacent to an activating group) is 2. The topological polar surface area (TPSA) is 351 Å². The van der Waals surface area contributed by atoms with Gasteiger partial charge in [0.05, 0.1) is 87.2 Å². The van der Waals surface area contributed by atoms with E-state index in [1.165, 1.54) is 45.4 Å². The van der Waals surface area contributed by atoms with E-state index in [2.05, 4.69) is 31.3 Å². The van der Waals surface area contributed by atoms with Gasteiger partial charge in [-0.25, -0.2) is 17.9 Å². The van der Waals surface area contributed by atoms with E-state index in [1.54, 1.807) is 30.7 Å². The number of rotatable bonds is 40. The molecule has 1 aliphatic heterocycles. The highest BCUT2D eigenvalue weighted by Crippen LogP contribution is 2.30. The van der Waals surface area contributed by atoms with Crippen LogP contribution in [0.15, 0.2) is 29.2 Å². The Morgan fingerprint density at radius 3 is 1.86 bits per heavy atom. The summed E-state index contributed by atoms with van der Waals surface area (Å²) in [5, 5.41) is 13.5. The van der Waals surface area contributed by atoms with Crippen LogP contribution in [0.3, 0.4) is 0 Å². The van der Waals surface area contributed by atoms with Crippen LogP contribution in [-0.4, -0.2) is 214 Å². The number of nitrogens with one attached hydrogen (secondary N) is 6. The minimum absolute atomic E-state index is 0.0168. The summed E-state index contributed by atoms with van der Waals surface area (Å²) >= 11 is 0. The molecule has 0 bridgehead atoms. The van der Waals surface area contributed by atoms with E-state index in [4.69, 9.17) is 35.2 Å². The minimum atomic E-state index is -4.51. The maximum Gasteiger partial charge on any atom is 0.312 e. The number of urea groups is 1. The van der Waals surface area contributed by atoms with E-state index in [1.807, 2.05) is 60.5 Å². The molecule has 26 nitrogen and oxygen atoms in total. The number of carbonyl (C=O) groups excluding carboxylic acids is 8. The van der Waals surface area contributed by atoms with E-state index in [-0.39, 0.29) is 91.5 Å². The van der Waals surface area contributed by atoms with Crippen molar-refractivity contribution in [1.82, 2.24) is 40.7 Å². The van der Waals surface area contributed by atoms with Crippen LogP contribution in [0.1, 0.15) is 107 Å². The zero-order chi connectivity index (χ0) is 63.4. The summed E-state index contributed by atoms with van der Waals surface area (Å²) in [6, 6.07) is -0.541. The number of methoxy groups -OCH3 is 2. The van der Waals surface area contributed by atoms with Gasteiger partial charge in [0.15, 0.2) is 0 Å². The molecule has 0 radical (unpaired) electrons. The van der Waals surface area contributed by atoms with Crippen molar-refractivity contribution < 1.29 is 70.5 Å². The molecule has 9 amide bonds. The molecule has 2 rings (SSSR count). The maximum absolute atomic E-state index is 14.4. The molecule has 1 heterocycles. The highest BCUT2D eigenvalue weighted by atomic mass is 32.2. The number of hydrogen-bond donors (Lipinski definition) is 8. The first-order chi connectivity index (χ1) is 39.6. The molecular weight excluding hydrogens is 1110 g/mol. The lowest BCUT2D eigenvalue weighted by Gasteiger charge is -2.41. The van der Waals surface area contributed by atoms with Crippen molar-refractivity contribution in [3.8, 4) is 0 Å². The van der Waals surface area contributed by atoms with Crippen molar-refractivity contribution in [3.63, 3.8) is 0 Å². The summed E-state index contributed by atoms with van der Waals surface area (Å²) in [7, 11) is 3.67. The van der Waals surface area contributed by atoms with E-state index in [0.717, 1.165) is 0 Å². The standard InChI is InChI=1S/C57H101N11O15S/c1-15-38(8)50(67(12)56(75)48(36(4)5)64-55(74)49(37(6)7)66(10)11)44(79-13)34-46(70)68-27-17-19-43(68)51(80-14)39(9)52(71)65-84(77,78)41-22-20-40(21-23-41)61-53(72)42(18-16-26-60-57(59)76)62-54(73)47(35(2)3)63-45(69)24-28-81-30-32-83-33-31-82-29-25-58/h20-23,35-39,42-44,47-51H,15-19,24-34,58H2,1-14H3,(H,61,72)(H,62,73)(H,63,69)(H,64,74)(H,65,71)(H3,59,60,76)/t38-,39+,42-,43-,44+,47-,48-,49?,50-,51?/m0/s1. The smallest absolute Gasteiger partial charge is 0.312 e. The molecule has 1 fully saturated rings. The molecule has 27 heteroatoms. The fraction of sp³-hybridized carbons (Fsp3) is 0.754.